The molecule has 0 atom stereocenters. The Hall–Kier alpha value is -3.52. The van der Waals surface area contributed by atoms with E-state index in [0.29, 0.717) is 21.2 Å². The molecule has 1 N–H and O–H groups in total. The van der Waals surface area contributed by atoms with Gasteiger partial charge in [-0.05, 0) is 60.1 Å². The molecule has 2 aromatic carbocycles. The molecule has 0 aliphatic rings. The van der Waals surface area contributed by atoms with Gasteiger partial charge >= 0.3 is 0 Å². The number of carbonyl (C=O) groups is 1. The summed E-state index contributed by atoms with van der Waals surface area (Å²) in [7, 11) is 0. The van der Waals surface area contributed by atoms with Gasteiger partial charge in [-0.3, -0.25) is 4.79 Å². The second kappa shape index (κ2) is 14.5. The minimum absolute atomic E-state index is 0.0139. The van der Waals surface area contributed by atoms with Gasteiger partial charge in [0, 0.05) is 21.2 Å². The lowest BCUT2D eigenvalue weighted by Gasteiger charge is -1.99. The van der Waals surface area contributed by atoms with E-state index < -0.39 is 5.24 Å². The second-order valence-corrected chi connectivity index (χ2v) is 5.93. The maximum absolute atomic E-state index is 10.5. The van der Waals surface area contributed by atoms with Crippen LogP contribution in [0.1, 0.15) is 15.9 Å². The summed E-state index contributed by atoms with van der Waals surface area (Å²) in [5, 5.41) is 34.7. The molecule has 0 fully saturated rings. The van der Waals surface area contributed by atoms with Gasteiger partial charge in [0.15, 0.2) is 11.3 Å². The van der Waals surface area contributed by atoms with Crippen molar-refractivity contribution in [2.45, 2.75) is 0 Å². The summed E-state index contributed by atoms with van der Waals surface area (Å²) in [6.07, 6.45) is 0. The van der Waals surface area contributed by atoms with Gasteiger partial charge in [0.1, 0.15) is 18.2 Å². The molecule has 0 radical (unpaired) electrons. The van der Waals surface area contributed by atoms with Gasteiger partial charge in [0.25, 0.3) is 11.8 Å². The summed E-state index contributed by atoms with van der Waals surface area (Å²) in [6, 6.07) is 17.5. The fraction of sp³-hybridized carbons (Fsp3) is 0.0500. The molecule has 0 saturated carbocycles. The van der Waals surface area contributed by atoms with Crippen molar-refractivity contribution in [1.29, 1.82) is 15.8 Å². The average Bonchev–Trinajstić information content (AvgIpc) is 2.71. The largest absolute Gasteiger partial charge is 0.505 e. The molecule has 0 bridgehead atoms. The van der Waals surface area contributed by atoms with Crippen molar-refractivity contribution < 1.29 is 9.90 Å². The number of rotatable bonds is 2. The third kappa shape index (κ3) is 10.4. The molecule has 144 valence electrons. The van der Waals surface area contributed by atoms with E-state index in [-0.39, 0.29) is 17.9 Å². The van der Waals surface area contributed by atoms with Gasteiger partial charge in [-0.15, -0.1) is 0 Å². The maximum atomic E-state index is 10.5. The van der Waals surface area contributed by atoms with E-state index in [0.717, 1.165) is 0 Å². The Morgan fingerprint density at radius 1 is 0.931 bits per heavy atom. The van der Waals surface area contributed by atoms with Crippen LogP contribution in [-0.4, -0.2) is 16.9 Å². The molecular formula is C20H11Cl3N4O2. The van der Waals surface area contributed by atoms with Crippen LogP contribution in [0.3, 0.4) is 0 Å². The van der Waals surface area contributed by atoms with Crippen LogP contribution in [0.5, 0.6) is 0 Å². The fourth-order valence-corrected chi connectivity index (χ4v) is 1.88. The highest BCUT2D eigenvalue weighted by Crippen LogP contribution is 2.17. The van der Waals surface area contributed by atoms with Crippen molar-refractivity contribution in [3.05, 3.63) is 86.7 Å². The first-order valence-corrected chi connectivity index (χ1v) is 8.59. The van der Waals surface area contributed by atoms with E-state index in [4.69, 9.17) is 57.2 Å². The number of nitriles is 3. The highest BCUT2D eigenvalue weighted by molar-refractivity contribution is 6.67. The number of nitrogens with zero attached hydrogens (tertiary/aromatic N) is 4. The van der Waals surface area contributed by atoms with Crippen molar-refractivity contribution in [1.82, 2.24) is 0 Å². The van der Waals surface area contributed by atoms with Gasteiger partial charge in [0.05, 0.1) is 0 Å². The molecule has 29 heavy (non-hydrogen) atoms. The van der Waals surface area contributed by atoms with Gasteiger partial charge in [0.2, 0.25) is 0 Å². The zero-order valence-electron chi connectivity index (χ0n) is 14.6. The Kier molecular flexibility index (Phi) is 12.8. The SMILES string of the molecule is N#CC(C#N)=C(O)c1ccc(Cl)cc1.O=C(Cl)c1ccc(Cl)cc1.[C-]#[N+]CC#N. The molecule has 0 saturated heterocycles. The Morgan fingerprint density at radius 3 is 1.62 bits per heavy atom. The zero-order chi connectivity index (χ0) is 22.2. The normalized spacial score (nSPS) is 8.10. The maximum Gasteiger partial charge on any atom is 0.298 e. The smallest absolute Gasteiger partial charge is 0.298 e. The third-order valence-corrected chi connectivity index (χ3v) is 3.52. The van der Waals surface area contributed by atoms with E-state index in [1.807, 2.05) is 0 Å². The predicted molar refractivity (Wildman–Crippen MR) is 111 cm³/mol. The minimum Gasteiger partial charge on any atom is -0.505 e. The first-order valence-electron chi connectivity index (χ1n) is 7.45. The molecule has 2 aromatic rings. The second-order valence-electron chi connectivity index (χ2n) is 4.71. The number of hydrogen-bond donors (Lipinski definition) is 1. The highest BCUT2D eigenvalue weighted by Gasteiger charge is 2.06. The number of aliphatic hydroxyl groups excluding tert-OH is 1. The molecule has 0 heterocycles. The van der Waals surface area contributed by atoms with Gasteiger partial charge in [-0.1, -0.05) is 23.2 Å². The molecule has 0 aliphatic carbocycles. The van der Waals surface area contributed by atoms with Crippen molar-refractivity contribution in [2.75, 3.05) is 6.54 Å². The number of benzene rings is 2. The first-order chi connectivity index (χ1) is 13.8. The first kappa shape index (κ1) is 25.5. The molecule has 2 rings (SSSR count). The summed E-state index contributed by atoms with van der Waals surface area (Å²) in [5.74, 6) is -0.327. The summed E-state index contributed by atoms with van der Waals surface area (Å²) in [5.41, 5.74) is 0.547. The highest BCUT2D eigenvalue weighted by atomic mass is 35.5. The third-order valence-electron chi connectivity index (χ3n) is 2.80. The molecule has 6 nitrogen and oxygen atoms in total. The number of hydrogen-bond acceptors (Lipinski definition) is 5. The minimum atomic E-state index is -0.461. The van der Waals surface area contributed by atoms with Crippen LogP contribution in [0.2, 0.25) is 10.0 Å². The molecule has 0 amide bonds. The summed E-state index contributed by atoms with van der Waals surface area (Å²) in [6.45, 7) is 5.99. The molecule has 9 heteroatoms. The molecular weight excluding hydrogens is 435 g/mol. The quantitative estimate of drug-likeness (QED) is 0.206. The van der Waals surface area contributed by atoms with E-state index in [2.05, 4.69) is 4.85 Å². The molecule has 0 aliphatic heterocycles. The van der Waals surface area contributed by atoms with Crippen LogP contribution in [-0.2, 0) is 0 Å². The lowest BCUT2D eigenvalue weighted by atomic mass is 10.1. The number of aliphatic hydroxyl groups is 1. The summed E-state index contributed by atoms with van der Waals surface area (Å²) >= 11 is 16.4. The number of allylic oxidation sites excluding steroid dienone is 1. The van der Waals surface area contributed by atoms with Crippen LogP contribution < -0.4 is 0 Å². The Morgan fingerprint density at radius 2 is 1.34 bits per heavy atom. The van der Waals surface area contributed by atoms with E-state index >= 15 is 0 Å². The summed E-state index contributed by atoms with van der Waals surface area (Å²) in [4.78, 5) is 13.2. The topological polar surface area (TPSA) is 113 Å². The zero-order valence-corrected chi connectivity index (χ0v) is 16.9. The van der Waals surface area contributed by atoms with Crippen LogP contribution in [0.25, 0.3) is 10.6 Å². The Bertz CT molecular complexity index is 992. The van der Waals surface area contributed by atoms with Crippen molar-refractivity contribution in [3.63, 3.8) is 0 Å². The van der Waals surface area contributed by atoms with Crippen molar-refractivity contribution in [3.8, 4) is 18.2 Å². The Balaban J connectivity index is 0.000000455. The number of halogens is 3. The lowest BCUT2D eigenvalue weighted by molar-refractivity contribution is 0.108. The Labute approximate surface area is 182 Å². The van der Waals surface area contributed by atoms with Gasteiger partial charge in [-0.2, -0.15) is 15.8 Å². The number of carbonyl (C=O) groups excluding carboxylic acids is 1. The lowest BCUT2D eigenvalue weighted by Crippen LogP contribution is -1.87. The monoisotopic (exact) mass is 444 g/mol. The van der Waals surface area contributed by atoms with Gasteiger partial charge in [-0.25, -0.2) is 6.57 Å². The van der Waals surface area contributed by atoms with E-state index in [1.54, 1.807) is 54.6 Å². The summed E-state index contributed by atoms with van der Waals surface area (Å²) < 4.78 is 0. The van der Waals surface area contributed by atoms with Crippen LogP contribution in [0.4, 0.5) is 0 Å². The molecule has 0 unspecified atom stereocenters. The van der Waals surface area contributed by atoms with Gasteiger partial charge < -0.3 is 9.95 Å². The van der Waals surface area contributed by atoms with Crippen molar-refractivity contribution >= 4 is 45.8 Å². The van der Waals surface area contributed by atoms with E-state index in [1.165, 1.54) is 12.1 Å². The predicted octanol–water partition coefficient (Wildman–Crippen LogP) is 5.80. The van der Waals surface area contributed by atoms with Crippen LogP contribution >= 0.6 is 34.8 Å². The molecule has 0 aromatic heterocycles. The van der Waals surface area contributed by atoms with Crippen molar-refractivity contribution in [2.24, 2.45) is 0 Å². The van der Waals surface area contributed by atoms with Crippen LogP contribution in [0.15, 0.2) is 54.1 Å². The standard InChI is InChI=1S/C10H5ClN2O.C7H4Cl2O.C3H2N2/c11-9-3-1-7(2-4-9)10(14)8(5-12)6-13;8-6-3-1-5(2-4-6)7(9)10;1-5-3-2-4/h1-4,14H;1-4H;3H2. The average molecular weight is 446 g/mol. The van der Waals surface area contributed by atoms with E-state index in [9.17, 15) is 9.90 Å². The fourth-order valence-electron chi connectivity index (χ4n) is 1.50. The molecule has 0 spiro atoms. The van der Waals surface area contributed by atoms with Crippen LogP contribution in [0, 0.1) is 40.6 Å².